The average molecular weight is 657 g/mol. The Morgan fingerprint density at radius 3 is 2.26 bits per heavy atom. The van der Waals surface area contributed by atoms with Crippen molar-refractivity contribution in [2.24, 2.45) is 22.1 Å². The van der Waals surface area contributed by atoms with Gasteiger partial charge in [-0.1, -0.05) is 17.2 Å². The van der Waals surface area contributed by atoms with Crippen molar-refractivity contribution in [3.05, 3.63) is 79.0 Å². The molecule has 22 nitrogen and oxygen atoms in total. The molecule has 0 amide bonds. The molecule has 0 aliphatic carbocycles. The molecule has 22 heteroatoms. The number of aliphatic hydroxyl groups is 2. The summed E-state index contributed by atoms with van der Waals surface area (Å²) >= 11 is 0. The van der Waals surface area contributed by atoms with Crippen LogP contribution in [0, 0.1) is 11.8 Å². The molecule has 3 aromatic heterocycles. The first-order valence-corrected chi connectivity index (χ1v) is 14.2. The van der Waals surface area contributed by atoms with Crippen molar-refractivity contribution in [1.29, 1.82) is 0 Å². The molecule has 0 unspecified atom stereocenters. The zero-order valence-electron chi connectivity index (χ0n) is 25.1. The Bertz CT molecular complexity index is 1740. The summed E-state index contributed by atoms with van der Waals surface area (Å²) in [6, 6.07) is 2.97. The molecule has 5 rings (SSSR count). The largest absolute Gasteiger partial charge is 0.457 e. The molecule has 5 heterocycles. The highest BCUT2D eigenvalue weighted by molar-refractivity contribution is 5.66. The molecule has 47 heavy (non-hydrogen) atoms. The number of anilines is 1. The Labute approximate surface area is 264 Å². The molecule has 250 valence electrons. The van der Waals surface area contributed by atoms with Crippen LogP contribution in [0.3, 0.4) is 0 Å². The molecule has 0 saturated carbocycles. The third-order valence-corrected chi connectivity index (χ3v) is 7.48. The van der Waals surface area contributed by atoms with E-state index in [0.29, 0.717) is 12.2 Å². The minimum atomic E-state index is -1.11. The minimum Gasteiger partial charge on any atom is -0.457 e. The lowest BCUT2D eigenvalue weighted by Gasteiger charge is -2.23. The topological polar surface area (TPSA) is 309 Å². The van der Waals surface area contributed by atoms with Gasteiger partial charge in [0.15, 0.2) is 24.4 Å². The van der Waals surface area contributed by atoms with E-state index in [4.69, 9.17) is 31.0 Å². The van der Waals surface area contributed by atoms with Gasteiger partial charge in [-0.15, -0.1) is 0 Å². The van der Waals surface area contributed by atoms with Gasteiger partial charge >= 0.3 is 17.3 Å². The first-order valence-electron chi connectivity index (χ1n) is 14.2. The third kappa shape index (κ3) is 7.90. The fourth-order valence-corrected chi connectivity index (χ4v) is 5.32. The first kappa shape index (κ1) is 34.5. The van der Waals surface area contributed by atoms with Gasteiger partial charge in [-0.05, 0) is 29.6 Å². The summed E-state index contributed by atoms with van der Waals surface area (Å²) < 4.78 is 20.5. The Balaban J connectivity index is 0.000000223. The summed E-state index contributed by atoms with van der Waals surface area (Å²) in [5.74, 6) is -1.14. The van der Waals surface area contributed by atoms with E-state index < -0.39 is 54.0 Å². The van der Waals surface area contributed by atoms with E-state index in [1.54, 1.807) is 6.07 Å². The molecule has 2 saturated heterocycles. The second kappa shape index (κ2) is 15.8. The van der Waals surface area contributed by atoms with E-state index in [1.807, 2.05) is 6.92 Å². The number of carbonyl (C=O) groups excluding carboxylic acids is 1. The van der Waals surface area contributed by atoms with Gasteiger partial charge in [0.05, 0.1) is 18.8 Å². The highest BCUT2D eigenvalue weighted by Gasteiger charge is 2.47. The Morgan fingerprint density at radius 2 is 1.68 bits per heavy atom. The number of nitrogen functional groups attached to an aromatic ring is 1. The van der Waals surface area contributed by atoms with Gasteiger partial charge in [0.2, 0.25) is 0 Å². The van der Waals surface area contributed by atoms with Gasteiger partial charge in [0.25, 0.3) is 0 Å². The molecule has 0 bridgehead atoms. The minimum absolute atomic E-state index is 0.0451. The fraction of sp³-hybridized carbons (Fsp3) is 0.560. The number of rotatable bonds is 10. The lowest BCUT2D eigenvalue weighted by molar-refractivity contribution is -0.153. The zero-order valence-corrected chi connectivity index (χ0v) is 25.1. The van der Waals surface area contributed by atoms with Crippen molar-refractivity contribution in [2.75, 3.05) is 25.4 Å². The number of hydrogen-bond donors (Lipinski definition) is 3. The summed E-state index contributed by atoms with van der Waals surface area (Å²) in [4.78, 5) is 52.6. The van der Waals surface area contributed by atoms with E-state index in [2.05, 4.69) is 40.1 Å². The number of nitrogens with two attached hydrogens (primary N) is 1. The normalized spacial score (nSPS) is 26.4. The Hall–Kier alpha value is -5.37. The standard InChI is InChI=1S/C15H18N8O4.C10H14N6O4/c1-3-11-10(6-18-21-16)13(26-9(2)24)14(27-11)22-5-4-12(20-15(22)25)23-8-17-7-19-23;11-7-1-2-16(10(19)14-7)9-8(18)5(3-13-15-12)6(4-17)20-9/h4-5,7-8,10-11,13-14H,3,6H2,1-2H3;1-2,5-6,8-9,17-18H,3-4H2,(H2,11,14,19)/t10-,11-,13-,14-;5-,6-,8-,9-/m11/s1. The maximum absolute atomic E-state index is 12.6. The molecule has 3 aromatic rings. The molecule has 0 radical (unpaired) electrons. The van der Waals surface area contributed by atoms with Gasteiger partial charge in [0, 0.05) is 54.1 Å². The van der Waals surface area contributed by atoms with Crippen LogP contribution in [0.4, 0.5) is 5.82 Å². The number of ether oxygens (including phenoxy) is 3. The molecular formula is C25H32N14O8. The molecule has 4 N–H and O–H groups in total. The lowest BCUT2D eigenvalue weighted by Crippen LogP contribution is -2.37. The van der Waals surface area contributed by atoms with Crippen LogP contribution in [0.15, 0.2) is 57.0 Å². The van der Waals surface area contributed by atoms with Crippen LogP contribution in [0.5, 0.6) is 0 Å². The Kier molecular flexibility index (Phi) is 11.6. The van der Waals surface area contributed by atoms with Crippen LogP contribution < -0.4 is 17.1 Å². The van der Waals surface area contributed by atoms with Gasteiger partial charge < -0.3 is 30.2 Å². The quantitative estimate of drug-likeness (QED) is 0.112. The third-order valence-electron chi connectivity index (χ3n) is 7.48. The van der Waals surface area contributed by atoms with Crippen molar-refractivity contribution >= 4 is 11.8 Å². The van der Waals surface area contributed by atoms with Crippen LogP contribution in [0.2, 0.25) is 0 Å². The first-order chi connectivity index (χ1) is 22.6. The van der Waals surface area contributed by atoms with Crippen molar-refractivity contribution in [3.8, 4) is 5.82 Å². The monoisotopic (exact) mass is 656 g/mol. The van der Waals surface area contributed by atoms with Crippen LogP contribution in [-0.2, 0) is 19.0 Å². The second-order valence-corrected chi connectivity index (χ2v) is 10.3. The van der Waals surface area contributed by atoms with E-state index in [0.717, 1.165) is 4.57 Å². The molecule has 8 atom stereocenters. The number of aromatic nitrogens is 7. The van der Waals surface area contributed by atoms with Crippen molar-refractivity contribution < 1.29 is 29.2 Å². The molecule has 0 spiro atoms. The van der Waals surface area contributed by atoms with E-state index >= 15 is 0 Å². The number of azide groups is 2. The highest BCUT2D eigenvalue weighted by Crippen LogP contribution is 2.37. The molecule has 2 aliphatic rings. The maximum atomic E-state index is 12.6. The summed E-state index contributed by atoms with van der Waals surface area (Å²) in [6.45, 7) is 2.85. The van der Waals surface area contributed by atoms with Crippen LogP contribution in [-0.4, -0.2) is 94.2 Å². The van der Waals surface area contributed by atoms with Crippen molar-refractivity contribution in [3.63, 3.8) is 0 Å². The van der Waals surface area contributed by atoms with Gasteiger partial charge in [-0.25, -0.2) is 19.3 Å². The number of hydrogen-bond acceptors (Lipinski definition) is 15. The van der Waals surface area contributed by atoms with Crippen molar-refractivity contribution in [2.45, 2.75) is 57.1 Å². The Morgan fingerprint density at radius 1 is 1.04 bits per heavy atom. The van der Waals surface area contributed by atoms with Gasteiger partial charge in [0.1, 0.15) is 24.6 Å². The van der Waals surface area contributed by atoms with E-state index in [9.17, 15) is 24.6 Å². The van der Waals surface area contributed by atoms with Crippen molar-refractivity contribution in [1.82, 2.24) is 33.9 Å². The smallest absolute Gasteiger partial charge is 0.351 e. The molecule has 0 aromatic carbocycles. The number of esters is 1. The number of nitrogens with zero attached hydrogens (tertiary/aromatic N) is 13. The molecular weight excluding hydrogens is 624 g/mol. The fourth-order valence-electron chi connectivity index (χ4n) is 5.32. The average Bonchev–Trinajstić information content (AvgIpc) is 3.78. The predicted molar refractivity (Wildman–Crippen MR) is 158 cm³/mol. The van der Waals surface area contributed by atoms with Crippen LogP contribution >= 0.6 is 0 Å². The molecule has 2 fully saturated rings. The van der Waals surface area contributed by atoms with Gasteiger partial charge in [-0.2, -0.15) is 15.1 Å². The lowest BCUT2D eigenvalue weighted by atomic mass is 9.96. The van der Waals surface area contributed by atoms with E-state index in [1.165, 1.54) is 47.3 Å². The number of carbonyl (C=O) groups is 1. The summed E-state index contributed by atoms with van der Waals surface area (Å²) in [7, 11) is 0. The second-order valence-electron chi connectivity index (χ2n) is 10.3. The SMILES string of the molecule is CC[C@H]1O[C@@H](n2ccc(-n3cncn3)nc2=O)[C@H](OC(C)=O)[C@@H]1CN=[N+]=[N-].[N-]=[N+]=NC[C@H]1[C@@H](O)[C@H](n2ccc(N)nc2=O)O[C@@H]1CO. The summed E-state index contributed by atoms with van der Waals surface area (Å²) in [6.07, 6.45) is 1.35. The summed E-state index contributed by atoms with van der Waals surface area (Å²) in [5.41, 5.74) is 21.1. The maximum Gasteiger partial charge on any atom is 0.351 e. The van der Waals surface area contributed by atoms with E-state index in [-0.39, 0.29) is 37.5 Å². The summed E-state index contributed by atoms with van der Waals surface area (Å²) in [5, 5.41) is 30.3. The van der Waals surface area contributed by atoms with Crippen LogP contribution in [0.25, 0.3) is 26.7 Å². The highest BCUT2D eigenvalue weighted by atomic mass is 16.6. The van der Waals surface area contributed by atoms with Gasteiger partial charge in [-0.3, -0.25) is 13.9 Å². The van der Waals surface area contributed by atoms with Crippen LogP contribution in [0.1, 0.15) is 32.7 Å². The predicted octanol–water partition coefficient (Wildman–Crippen LogP) is -0.00780. The zero-order chi connectivity index (χ0) is 34.1. The molecule has 2 aliphatic heterocycles. The number of aliphatic hydroxyl groups excluding tert-OH is 2.